The maximum atomic E-state index is 12.2. The van der Waals surface area contributed by atoms with Crippen LogP contribution in [0.15, 0.2) is 53.6 Å². The van der Waals surface area contributed by atoms with E-state index in [0.29, 0.717) is 0 Å². The van der Waals surface area contributed by atoms with E-state index in [2.05, 4.69) is 15.8 Å². The zero-order valence-corrected chi connectivity index (χ0v) is 14.1. The topological polar surface area (TPSA) is 53.5 Å². The van der Waals surface area contributed by atoms with Crippen molar-refractivity contribution in [2.45, 2.75) is 33.7 Å². The minimum absolute atomic E-state index is 0.164. The second kappa shape index (κ2) is 7.58. The Balaban J connectivity index is 2.01. The van der Waals surface area contributed by atoms with Gasteiger partial charge >= 0.3 is 0 Å². The summed E-state index contributed by atoms with van der Waals surface area (Å²) in [5, 5.41) is 7.44. The van der Waals surface area contributed by atoms with Gasteiger partial charge in [0.15, 0.2) is 0 Å². The Morgan fingerprint density at radius 3 is 2.22 bits per heavy atom. The number of amides is 1. The standard InChI is InChI=1S/C19H23N3O/c1-13-9-8-10-14(2)18(13)20-16(4)19(23)22-21-15(3)17-11-6-5-7-12-17/h5-12,16,20H,1-4H3,(H,22,23)/b21-15+/t16-/m1/s1. The first kappa shape index (κ1) is 16.7. The number of benzene rings is 2. The average molecular weight is 309 g/mol. The fourth-order valence-corrected chi connectivity index (χ4v) is 2.30. The van der Waals surface area contributed by atoms with Gasteiger partial charge in [0.2, 0.25) is 0 Å². The minimum atomic E-state index is -0.373. The SMILES string of the molecule is C/C(=N\NC(=O)[C@@H](C)Nc1c(C)cccc1C)c1ccccc1. The summed E-state index contributed by atoms with van der Waals surface area (Å²) in [5.74, 6) is -0.164. The van der Waals surface area contributed by atoms with E-state index in [1.807, 2.05) is 76.2 Å². The molecule has 0 aliphatic rings. The molecular weight excluding hydrogens is 286 g/mol. The fourth-order valence-electron chi connectivity index (χ4n) is 2.30. The van der Waals surface area contributed by atoms with Crippen LogP contribution < -0.4 is 10.7 Å². The summed E-state index contributed by atoms with van der Waals surface area (Å²) in [6, 6.07) is 15.5. The molecule has 0 aliphatic carbocycles. The number of carbonyl (C=O) groups excluding carboxylic acids is 1. The van der Waals surface area contributed by atoms with Crippen molar-refractivity contribution in [3.63, 3.8) is 0 Å². The number of nitrogens with zero attached hydrogens (tertiary/aromatic N) is 1. The number of anilines is 1. The van der Waals surface area contributed by atoms with Gasteiger partial charge in [-0.25, -0.2) is 5.43 Å². The van der Waals surface area contributed by atoms with Gasteiger partial charge in [-0.2, -0.15) is 5.10 Å². The number of hydrogen-bond acceptors (Lipinski definition) is 3. The molecule has 0 bridgehead atoms. The van der Waals surface area contributed by atoms with E-state index >= 15 is 0 Å². The molecule has 0 saturated heterocycles. The van der Waals surface area contributed by atoms with Crippen LogP contribution in [0.2, 0.25) is 0 Å². The monoisotopic (exact) mass is 309 g/mol. The second-order valence-corrected chi connectivity index (χ2v) is 5.67. The van der Waals surface area contributed by atoms with Crippen LogP contribution in [0.5, 0.6) is 0 Å². The van der Waals surface area contributed by atoms with Crippen molar-refractivity contribution in [2.75, 3.05) is 5.32 Å². The van der Waals surface area contributed by atoms with E-state index in [-0.39, 0.29) is 11.9 Å². The number of aryl methyl sites for hydroxylation is 2. The van der Waals surface area contributed by atoms with Crippen LogP contribution in [0.25, 0.3) is 0 Å². The normalized spacial score (nSPS) is 12.6. The zero-order chi connectivity index (χ0) is 16.8. The predicted octanol–water partition coefficient (Wildman–Crippen LogP) is 3.64. The van der Waals surface area contributed by atoms with Gasteiger partial charge in [-0.1, -0.05) is 48.5 Å². The van der Waals surface area contributed by atoms with Crippen molar-refractivity contribution in [3.8, 4) is 0 Å². The third kappa shape index (κ3) is 4.42. The lowest BCUT2D eigenvalue weighted by atomic mass is 10.1. The maximum Gasteiger partial charge on any atom is 0.262 e. The lowest BCUT2D eigenvalue weighted by molar-refractivity contribution is -0.121. The molecule has 2 rings (SSSR count). The third-order valence-electron chi connectivity index (χ3n) is 3.76. The number of hydrazone groups is 1. The summed E-state index contributed by atoms with van der Waals surface area (Å²) in [6.07, 6.45) is 0. The minimum Gasteiger partial charge on any atom is -0.373 e. The molecule has 0 radical (unpaired) electrons. The van der Waals surface area contributed by atoms with E-state index in [9.17, 15) is 4.79 Å². The Bertz CT molecular complexity index is 688. The van der Waals surface area contributed by atoms with Crippen LogP contribution in [-0.2, 0) is 4.79 Å². The molecule has 0 heterocycles. The fraction of sp³-hybridized carbons (Fsp3) is 0.263. The highest BCUT2D eigenvalue weighted by Gasteiger charge is 2.14. The highest BCUT2D eigenvalue weighted by molar-refractivity contribution is 5.99. The quantitative estimate of drug-likeness (QED) is 0.654. The molecule has 2 N–H and O–H groups in total. The van der Waals surface area contributed by atoms with E-state index in [4.69, 9.17) is 0 Å². The molecule has 1 amide bonds. The lowest BCUT2D eigenvalue weighted by Gasteiger charge is -2.17. The largest absolute Gasteiger partial charge is 0.373 e. The number of carbonyl (C=O) groups is 1. The molecule has 2 aromatic rings. The van der Waals surface area contributed by atoms with Gasteiger partial charge in [0, 0.05) is 5.69 Å². The van der Waals surface area contributed by atoms with Gasteiger partial charge in [0.25, 0.3) is 5.91 Å². The van der Waals surface area contributed by atoms with Crippen LogP contribution in [0.4, 0.5) is 5.69 Å². The molecule has 1 atom stereocenters. The summed E-state index contributed by atoms with van der Waals surface area (Å²) >= 11 is 0. The Kier molecular flexibility index (Phi) is 5.52. The number of nitrogens with one attached hydrogen (secondary N) is 2. The lowest BCUT2D eigenvalue weighted by Crippen LogP contribution is -2.35. The molecular formula is C19H23N3O. The van der Waals surface area contributed by atoms with Crippen molar-refractivity contribution < 1.29 is 4.79 Å². The highest BCUT2D eigenvalue weighted by atomic mass is 16.2. The van der Waals surface area contributed by atoms with Crippen molar-refractivity contribution >= 4 is 17.3 Å². The Morgan fingerprint density at radius 1 is 1.00 bits per heavy atom. The number of hydrogen-bond donors (Lipinski definition) is 2. The molecule has 0 saturated carbocycles. The van der Waals surface area contributed by atoms with E-state index in [1.165, 1.54) is 0 Å². The molecule has 23 heavy (non-hydrogen) atoms. The van der Waals surface area contributed by atoms with Gasteiger partial charge in [-0.15, -0.1) is 0 Å². The first-order chi connectivity index (χ1) is 11.0. The van der Waals surface area contributed by atoms with E-state index in [1.54, 1.807) is 0 Å². The van der Waals surface area contributed by atoms with Crippen molar-refractivity contribution in [1.82, 2.24) is 5.43 Å². The van der Waals surface area contributed by atoms with Gasteiger partial charge in [-0.3, -0.25) is 4.79 Å². The second-order valence-electron chi connectivity index (χ2n) is 5.67. The summed E-state index contributed by atoms with van der Waals surface area (Å²) in [5.41, 5.74) is 7.63. The molecule has 0 fully saturated rings. The van der Waals surface area contributed by atoms with E-state index < -0.39 is 0 Å². The predicted molar refractivity (Wildman–Crippen MR) is 95.8 cm³/mol. The van der Waals surface area contributed by atoms with Gasteiger partial charge < -0.3 is 5.32 Å². The Labute approximate surface area is 137 Å². The molecule has 0 aliphatic heterocycles. The van der Waals surface area contributed by atoms with E-state index in [0.717, 1.165) is 28.1 Å². The van der Waals surface area contributed by atoms with Crippen molar-refractivity contribution in [2.24, 2.45) is 5.10 Å². The van der Waals surface area contributed by atoms with Gasteiger partial charge in [0.1, 0.15) is 6.04 Å². The van der Waals surface area contributed by atoms with Crippen molar-refractivity contribution in [3.05, 3.63) is 65.2 Å². The third-order valence-corrected chi connectivity index (χ3v) is 3.76. The average Bonchev–Trinajstić information content (AvgIpc) is 2.56. The summed E-state index contributed by atoms with van der Waals surface area (Å²) in [4.78, 5) is 12.2. The van der Waals surface area contributed by atoms with Gasteiger partial charge in [-0.05, 0) is 44.4 Å². The van der Waals surface area contributed by atoms with Crippen LogP contribution in [0, 0.1) is 13.8 Å². The smallest absolute Gasteiger partial charge is 0.262 e. The van der Waals surface area contributed by atoms with Crippen LogP contribution >= 0.6 is 0 Å². The molecule has 4 heteroatoms. The number of para-hydroxylation sites is 1. The van der Waals surface area contributed by atoms with Gasteiger partial charge in [0.05, 0.1) is 5.71 Å². The first-order valence-corrected chi connectivity index (χ1v) is 7.71. The van der Waals surface area contributed by atoms with Crippen LogP contribution in [0.3, 0.4) is 0 Å². The first-order valence-electron chi connectivity index (χ1n) is 7.71. The molecule has 4 nitrogen and oxygen atoms in total. The highest BCUT2D eigenvalue weighted by Crippen LogP contribution is 2.20. The molecule has 0 spiro atoms. The van der Waals surface area contributed by atoms with Crippen LogP contribution in [0.1, 0.15) is 30.5 Å². The zero-order valence-electron chi connectivity index (χ0n) is 14.1. The summed E-state index contributed by atoms with van der Waals surface area (Å²) < 4.78 is 0. The summed E-state index contributed by atoms with van der Waals surface area (Å²) in [6.45, 7) is 7.75. The van der Waals surface area contributed by atoms with Crippen molar-refractivity contribution in [1.29, 1.82) is 0 Å². The molecule has 120 valence electrons. The number of rotatable bonds is 5. The molecule has 2 aromatic carbocycles. The Morgan fingerprint density at radius 2 is 1.61 bits per heavy atom. The molecule has 0 aromatic heterocycles. The molecule has 0 unspecified atom stereocenters. The van der Waals surface area contributed by atoms with Crippen LogP contribution in [-0.4, -0.2) is 17.7 Å². The summed E-state index contributed by atoms with van der Waals surface area (Å²) in [7, 11) is 0. The Hall–Kier alpha value is -2.62. The maximum absolute atomic E-state index is 12.2.